The Morgan fingerprint density at radius 2 is 1.53 bits per heavy atom. The van der Waals surface area contributed by atoms with Crippen molar-refractivity contribution in [2.75, 3.05) is 5.73 Å². The molecule has 0 aliphatic rings. The van der Waals surface area contributed by atoms with Gasteiger partial charge in [-0.05, 0) is 41.8 Å². The van der Waals surface area contributed by atoms with Crippen LogP contribution in [0.2, 0.25) is 5.02 Å². The molecule has 14 heteroatoms. The van der Waals surface area contributed by atoms with Gasteiger partial charge in [-0.1, -0.05) is 11.6 Å². The molecule has 3 rings (SSSR count). The van der Waals surface area contributed by atoms with Crippen LogP contribution in [0.25, 0.3) is 10.8 Å². The number of nitrogens with two attached hydrogens (primary N) is 1. The minimum Gasteiger partial charge on any atom is -0.505 e. The first-order valence-corrected chi connectivity index (χ1v) is 11.0. The number of nitrogen functional groups attached to an aromatic ring is 1. The number of nitrogens with zero attached hydrogens (tertiary/aromatic N) is 2. The van der Waals surface area contributed by atoms with Crippen molar-refractivity contribution in [1.29, 1.82) is 0 Å². The number of azo groups is 1. The summed E-state index contributed by atoms with van der Waals surface area (Å²) in [5.74, 6) is -1.41. The zero-order valence-corrected chi connectivity index (χ0v) is 16.9. The first kappa shape index (κ1) is 21.7. The lowest BCUT2D eigenvalue weighted by Crippen LogP contribution is -1.99. The molecule has 0 aromatic heterocycles. The van der Waals surface area contributed by atoms with E-state index in [0.29, 0.717) is 6.07 Å². The van der Waals surface area contributed by atoms with E-state index in [-0.39, 0.29) is 16.5 Å². The van der Waals surface area contributed by atoms with Gasteiger partial charge < -0.3 is 15.9 Å². The van der Waals surface area contributed by atoms with E-state index in [1.54, 1.807) is 0 Å². The monoisotopic (exact) mass is 473 g/mol. The number of anilines is 1. The molecule has 0 spiro atoms. The van der Waals surface area contributed by atoms with Crippen LogP contribution in [0, 0.1) is 0 Å². The van der Waals surface area contributed by atoms with E-state index in [1.807, 2.05) is 0 Å². The van der Waals surface area contributed by atoms with Gasteiger partial charge in [0.1, 0.15) is 16.3 Å². The maximum absolute atomic E-state index is 11.8. The molecule has 0 bridgehead atoms. The highest BCUT2D eigenvalue weighted by molar-refractivity contribution is 7.86. The van der Waals surface area contributed by atoms with Crippen LogP contribution >= 0.6 is 11.6 Å². The minimum absolute atomic E-state index is 0.125. The van der Waals surface area contributed by atoms with E-state index in [4.69, 9.17) is 21.9 Å². The van der Waals surface area contributed by atoms with Crippen LogP contribution < -0.4 is 5.73 Å². The highest BCUT2D eigenvalue weighted by atomic mass is 35.5. The fourth-order valence-corrected chi connectivity index (χ4v) is 4.02. The highest BCUT2D eigenvalue weighted by Gasteiger charge is 2.23. The number of aromatic hydroxyl groups is 2. The summed E-state index contributed by atoms with van der Waals surface area (Å²) in [6, 6.07) is 6.62. The average molecular weight is 474 g/mol. The summed E-state index contributed by atoms with van der Waals surface area (Å²) < 4.78 is 64.9. The van der Waals surface area contributed by atoms with E-state index in [2.05, 4.69) is 10.2 Å². The SMILES string of the molecule is Nc1ccc2c(O)c(/N=N/c3cc(S(=O)(=O)O)cc(Cl)c3O)c(S(=O)(=O)O)cc2c1. The van der Waals surface area contributed by atoms with Gasteiger partial charge in [0, 0.05) is 11.1 Å². The molecule has 0 aliphatic heterocycles. The number of halogens is 1. The van der Waals surface area contributed by atoms with Crippen LogP contribution in [0.15, 0.2) is 56.4 Å². The largest absolute Gasteiger partial charge is 0.505 e. The third-order valence-electron chi connectivity index (χ3n) is 3.93. The van der Waals surface area contributed by atoms with E-state index >= 15 is 0 Å². The normalized spacial score (nSPS) is 12.6. The van der Waals surface area contributed by atoms with Gasteiger partial charge in [0.05, 0.1) is 9.92 Å². The maximum atomic E-state index is 11.8. The lowest BCUT2D eigenvalue weighted by molar-refractivity contribution is 0.471. The highest BCUT2D eigenvalue weighted by Crippen LogP contribution is 2.43. The minimum atomic E-state index is -4.89. The van der Waals surface area contributed by atoms with Crippen molar-refractivity contribution >= 4 is 59.7 Å². The van der Waals surface area contributed by atoms with Crippen molar-refractivity contribution in [3.05, 3.63) is 41.4 Å². The Morgan fingerprint density at radius 3 is 2.13 bits per heavy atom. The van der Waals surface area contributed by atoms with Crippen molar-refractivity contribution in [1.82, 2.24) is 0 Å². The van der Waals surface area contributed by atoms with Crippen LogP contribution in [0.3, 0.4) is 0 Å². The van der Waals surface area contributed by atoms with Crippen molar-refractivity contribution in [3.63, 3.8) is 0 Å². The number of hydrogen-bond donors (Lipinski definition) is 5. The molecular weight excluding hydrogens is 462 g/mol. The van der Waals surface area contributed by atoms with Crippen LogP contribution in [0.5, 0.6) is 11.5 Å². The number of fused-ring (bicyclic) bond motifs is 1. The fourth-order valence-electron chi connectivity index (χ4n) is 2.55. The molecule has 30 heavy (non-hydrogen) atoms. The Labute approximate surface area is 174 Å². The standard InChI is InChI=1S/C16H12ClN3O8S2/c17-11-5-9(29(23,24)25)6-12(16(11)22)19-20-14-13(30(26,27)28)4-7-3-8(18)1-2-10(7)15(14)21/h1-6,21-22H,18H2,(H,23,24,25)(H,26,27,28)/b20-19+. The molecule has 3 aromatic rings. The van der Waals surface area contributed by atoms with Gasteiger partial charge in [0.15, 0.2) is 11.5 Å². The molecule has 0 unspecified atom stereocenters. The lowest BCUT2D eigenvalue weighted by atomic mass is 10.1. The zero-order chi connectivity index (χ0) is 22.4. The van der Waals surface area contributed by atoms with E-state index in [1.165, 1.54) is 18.2 Å². The Bertz CT molecular complexity index is 1440. The third-order valence-corrected chi connectivity index (χ3v) is 5.91. The summed E-state index contributed by atoms with van der Waals surface area (Å²) >= 11 is 5.71. The zero-order valence-electron chi connectivity index (χ0n) is 14.6. The van der Waals surface area contributed by atoms with Crippen LogP contribution in [0.1, 0.15) is 0 Å². The predicted molar refractivity (Wildman–Crippen MR) is 107 cm³/mol. The molecule has 0 aliphatic carbocycles. The molecule has 11 nitrogen and oxygen atoms in total. The van der Waals surface area contributed by atoms with Crippen LogP contribution in [-0.4, -0.2) is 36.2 Å². The number of hydrogen-bond acceptors (Lipinski definition) is 9. The Hall–Kier alpha value is -2.97. The second-order valence-electron chi connectivity index (χ2n) is 5.98. The number of phenols is 2. The fraction of sp³-hybridized carbons (Fsp3) is 0. The predicted octanol–water partition coefficient (Wildman–Crippen LogP) is 3.40. The van der Waals surface area contributed by atoms with Gasteiger partial charge >= 0.3 is 0 Å². The Morgan fingerprint density at radius 1 is 0.867 bits per heavy atom. The lowest BCUT2D eigenvalue weighted by Gasteiger charge is -2.09. The molecule has 0 saturated carbocycles. The molecule has 0 atom stereocenters. The van der Waals surface area contributed by atoms with Crippen molar-refractivity contribution < 1.29 is 36.2 Å². The summed E-state index contributed by atoms with van der Waals surface area (Å²) in [6.07, 6.45) is 0. The van der Waals surface area contributed by atoms with Crippen LogP contribution in [-0.2, 0) is 20.2 Å². The van der Waals surface area contributed by atoms with Crippen molar-refractivity contribution in [2.24, 2.45) is 10.2 Å². The third kappa shape index (κ3) is 4.15. The second-order valence-corrected chi connectivity index (χ2v) is 9.19. The summed E-state index contributed by atoms with van der Waals surface area (Å²) in [5.41, 5.74) is 4.65. The molecule has 6 N–H and O–H groups in total. The van der Waals surface area contributed by atoms with Gasteiger partial charge in [-0.15, -0.1) is 10.2 Å². The number of rotatable bonds is 4. The molecule has 0 radical (unpaired) electrons. The van der Waals surface area contributed by atoms with Gasteiger partial charge in [-0.3, -0.25) is 9.11 Å². The summed E-state index contributed by atoms with van der Waals surface area (Å²) in [5, 5.41) is 27.3. The van der Waals surface area contributed by atoms with Crippen molar-refractivity contribution in [2.45, 2.75) is 9.79 Å². The second kappa shape index (κ2) is 7.37. The van der Waals surface area contributed by atoms with Gasteiger partial charge in [-0.25, -0.2) is 0 Å². The van der Waals surface area contributed by atoms with E-state index < -0.39 is 57.9 Å². The average Bonchev–Trinajstić information content (AvgIpc) is 2.61. The number of benzene rings is 3. The summed E-state index contributed by atoms with van der Waals surface area (Å²) in [4.78, 5) is -1.54. The topological polar surface area (TPSA) is 200 Å². The van der Waals surface area contributed by atoms with E-state index in [9.17, 15) is 31.6 Å². The molecule has 158 valence electrons. The number of phenolic OH excluding ortho intramolecular Hbond substituents is 2. The maximum Gasteiger partial charge on any atom is 0.296 e. The molecule has 0 amide bonds. The molecule has 3 aromatic carbocycles. The molecular formula is C16H12ClN3O8S2. The first-order valence-electron chi connectivity index (χ1n) is 7.73. The summed E-state index contributed by atoms with van der Waals surface area (Å²) in [6.45, 7) is 0. The van der Waals surface area contributed by atoms with Gasteiger partial charge in [0.2, 0.25) is 0 Å². The van der Waals surface area contributed by atoms with Gasteiger partial charge in [0.25, 0.3) is 20.2 Å². The van der Waals surface area contributed by atoms with Crippen molar-refractivity contribution in [3.8, 4) is 11.5 Å². The Kier molecular flexibility index (Phi) is 5.34. The smallest absolute Gasteiger partial charge is 0.296 e. The first-order chi connectivity index (χ1) is 13.8. The van der Waals surface area contributed by atoms with Crippen LogP contribution in [0.4, 0.5) is 17.1 Å². The molecule has 0 fully saturated rings. The summed E-state index contributed by atoms with van der Waals surface area (Å²) in [7, 11) is -9.61. The molecule has 0 saturated heterocycles. The van der Waals surface area contributed by atoms with Gasteiger partial charge in [-0.2, -0.15) is 16.8 Å². The quantitative estimate of drug-likeness (QED) is 0.214. The Balaban J connectivity index is 2.28. The molecule has 0 heterocycles. The van der Waals surface area contributed by atoms with E-state index in [0.717, 1.165) is 12.1 Å².